The zero-order chi connectivity index (χ0) is 26.5. The molecule has 0 atom stereocenters. The van der Waals surface area contributed by atoms with Crippen LogP contribution in [-0.2, 0) is 20.5 Å². The van der Waals surface area contributed by atoms with Crippen molar-refractivity contribution in [2.75, 3.05) is 19.6 Å². The van der Waals surface area contributed by atoms with Crippen LogP contribution in [0.1, 0.15) is 79.4 Å². The molecule has 8 nitrogen and oxygen atoms in total. The second kappa shape index (κ2) is 9.81. The highest BCUT2D eigenvalue weighted by Crippen LogP contribution is 2.43. The van der Waals surface area contributed by atoms with Crippen molar-refractivity contribution in [2.45, 2.75) is 76.1 Å². The monoisotopic (exact) mass is 540 g/mol. The van der Waals surface area contributed by atoms with E-state index in [4.69, 9.17) is 16.3 Å². The van der Waals surface area contributed by atoms with Crippen LogP contribution in [0, 0.1) is 0 Å². The molecular formula is C25H28ClF3N4O4. The van der Waals surface area contributed by atoms with Gasteiger partial charge in [-0.3, -0.25) is 18.8 Å². The summed E-state index contributed by atoms with van der Waals surface area (Å²) >= 11 is 6.39. The lowest BCUT2D eigenvalue weighted by atomic mass is 9.91. The molecule has 2 saturated carbocycles. The Morgan fingerprint density at radius 3 is 2.43 bits per heavy atom. The Labute approximate surface area is 216 Å². The summed E-state index contributed by atoms with van der Waals surface area (Å²) in [5, 5.41) is -0.192. The third-order valence-electron chi connectivity index (χ3n) is 7.46. The Morgan fingerprint density at radius 2 is 1.84 bits per heavy atom. The summed E-state index contributed by atoms with van der Waals surface area (Å²) in [6, 6.07) is 1.08. The maximum atomic E-state index is 13.8. The number of piperazine rings is 1. The predicted molar refractivity (Wildman–Crippen MR) is 127 cm³/mol. The molecule has 3 fully saturated rings. The average Bonchev–Trinajstić information content (AvgIpc) is 3.67. The standard InChI is InChI=1S/C25H28ClF3N4O4/c1-2-20(35)37-17-7-5-16(6-8-17)32-10-9-31(13-19(32)34)24(36)21-22(26)33-12-15(14-3-4-14)11-18(23(33)30-21)25(27,28)29/h11-12,14,16-17H,2-10,13H2,1H3. The van der Waals surface area contributed by atoms with Gasteiger partial charge in [-0.25, -0.2) is 4.98 Å². The Bertz CT molecular complexity index is 1230. The summed E-state index contributed by atoms with van der Waals surface area (Å²) < 4.78 is 47.9. The maximum Gasteiger partial charge on any atom is 0.419 e. The van der Waals surface area contributed by atoms with Gasteiger partial charge < -0.3 is 14.5 Å². The van der Waals surface area contributed by atoms with Crippen LogP contribution in [0.2, 0.25) is 5.15 Å². The molecule has 1 saturated heterocycles. The van der Waals surface area contributed by atoms with Crippen LogP contribution in [-0.4, -0.2) is 68.7 Å². The summed E-state index contributed by atoms with van der Waals surface area (Å²) in [5.41, 5.74) is -1.13. The van der Waals surface area contributed by atoms with Gasteiger partial charge in [0.05, 0.1) is 5.56 Å². The molecule has 2 aromatic heterocycles. The van der Waals surface area contributed by atoms with Gasteiger partial charge in [0.2, 0.25) is 5.91 Å². The molecule has 3 heterocycles. The molecule has 2 aliphatic carbocycles. The smallest absolute Gasteiger partial charge is 0.419 e. The molecule has 0 bridgehead atoms. The zero-order valence-corrected chi connectivity index (χ0v) is 21.1. The quantitative estimate of drug-likeness (QED) is 0.524. The minimum atomic E-state index is -4.66. The van der Waals surface area contributed by atoms with Crippen LogP contribution in [0.25, 0.3) is 5.65 Å². The minimum absolute atomic E-state index is 0.00435. The largest absolute Gasteiger partial charge is 0.462 e. The van der Waals surface area contributed by atoms with Gasteiger partial charge in [-0.1, -0.05) is 18.5 Å². The number of nitrogens with zero attached hydrogens (tertiary/aromatic N) is 4. The van der Waals surface area contributed by atoms with E-state index in [1.807, 2.05) is 0 Å². The van der Waals surface area contributed by atoms with Crippen molar-refractivity contribution in [3.05, 3.63) is 34.2 Å². The molecule has 2 amide bonds. The second-order valence-electron chi connectivity index (χ2n) is 9.99. The van der Waals surface area contributed by atoms with E-state index < -0.39 is 23.3 Å². The van der Waals surface area contributed by atoms with E-state index in [1.54, 1.807) is 11.8 Å². The first-order valence-corrected chi connectivity index (χ1v) is 13.0. The molecule has 1 aliphatic heterocycles. The number of halogens is 4. The van der Waals surface area contributed by atoms with Gasteiger partial charge in [-0.05, 0) is 56.1 Å². The average molecular weight is 541 g/mol. The number of imidazole rings is 1. The number of carbonyl (C=O) groups is 3. The number of carbonyl (C=O) groups excluding carboxylic acids is 3. The number of amides is 2. The lowest BCUT2D eigenvalue weighted by Gasteiger charge is -2.41. The number of pyridine rings is 1. The Balaban J connectivity index is 1.29. The van der Waals surface area contributed by atoms with Crippen LogP contribution >= 0.6 is 11.6 Å². The third kappa shape index (κ3) is 5.15. The molecule has 0 spiro atoms. The first kappa shape index (κ1) is 25.8. The van der Waals surface area contributed by atoms with E-state index in [1.165, 1.54) is 11.1 Å². The van der Waals surface area contributed by atoms with E-state index in [-0.39, 0.29) is 53.9 Å². The summed E-state index contributed by atoms with van der Waals surface area (Å²) in [7, 11) is 0. The van der Waals surface area contributed by atoms with Gasteiger partial charge >= 0.3 is 12.1 Å². The van der Waals surface area contributed by atoms with Crippen LogP contribution in [0.3, 0.4) is 0 Å². The van der Waals surface area contributed by atoms with Crippen LogP contribution in [0.15, 0.2) is 12.3 Å². The van der Waals surface area contributed by atoms with Crippen LogP contribution in [0.5, 0.6) is 0 Å². The molecule has 0 unspecified atom stereocenters. The number of rotatable bonds is 5. The van der Waals surface area contributed by atoms with Crippen molar-refractivity contribution >= 4 is 35.0 Å². The van der Waals surface area contributed by atoms with Crippen molar-refractivity contribution in [3.8, 4) is 0 Å². The molecule has 2 aromatic rings. The van der Waals surface area contributed by atoms with Crippen LogP contribution in [0.4, 0.5) is 13.2 Å². The summed E-state index contributed by atoms with van der Waals surface area (Å²) in [6.45, 7) is 2.07. The van der Waals surface area contributed by atoms with Gasteiger partial charge in [0.15, 0.2) is 11.3 Å². The Kier molecular flexibility index (Phi) is 6.84. The molecule has 12 heteroatoms. The highest BCUT2D eigenvalue weighted by molar-refractivity contribution is 6.33. The number of hydrogen-bond donors (Lipinski definition) is 0. The Morgan fingerprint density at radius 1 is 1.14 bits per heavy atom. The van der Waals surface area contributed by atoms with Gasteiger partial charge in [-0.15, -0.1) is 0 Å². The number of aromatic nitrogens is 2. The summed E-state index contributed by atoms with van der Waals surface area (Å²) in [5.74, 6) is -1.09. The number of hydrogen-bond acceptors (Lipinski definition) is 5. The van der Waals surface area contributed by atoms with Gasteiger partial charge in [0.25, 0.3) is 5.91 Å². The third-order valence-corrected chi connectivity index (χ3v) is 7.82. The fourth-order valence-electron chi connectivity index (χ4n) is 5.26. The molecule has 37 heavy (non-hydrogen) atoms. The lowest BCUT2D eigenvalue weighted by molar-refractivity contribution is -0.152. The van der Waals surface area contributed by atoms with Gasteiger partial charge in [-0.2, -0.15) is 13.2 Å². The highest BCUT2D eigenvalue weighted by atomic mass is 35.5. The molecule has 5 rings (SSSR count). The molecule has 200 valence electrons. The van der Waals surface area contributed by atoms with E-state index >= 15 is 0 Å². The lowest BCUT2D eigenvalue weighted by Crippen LogP contribution is -2.56. The first-order valence-electron chi connectivity index (χ1n) is 12.6. The van der Waals surface area contributed by atoms with E-state index in [0.29, 0.717) is 44.2 Å². The van der Waals surface area contributed by atoms with Crippen molar-refractivity contribution < 1.29 is 32.3 Å². The van der Waals surface area contributed by atoms with Crippen molar-refractivity contribution in [3.63, 3.8) is 0 Å². The maximum absolute atomic E-state index is 13.8. The number of fused-ring (bicyclic) bond motifs is 1. The normalized spacial score (nSPS) is 23.0. The highest BCUT2D eigenvalue weighted by Gasteiger charge is 2.39. The molecule has 0 aromatic carbocycles. The summed E-state index contributed by atoms with van der Waals surface area (Å²) in [4.78, 5) is 44.8. The van der Waals surface area contributed by atoms with E-state index in [2.05, 4.69) is 4.98 Å². The first-order chi connectivity index (χ1) is 17.6. The Hall–Kier alpha value is -2.82. The zero-order valence-electron chi connectivity index (χ0n) is 20.4. The molecular weight excluding hydrogens is 513 g/mol. The fraction of sp³-hybridized carbons (Fsp3) is 0.600. The second-order valence-corrected chi connectivity index (χ2v) is 10.3. The van der Waals surface area contributed by atoms with Crippen molar-refractivity contribution in [1.82, 2.24) is 19.2 Å². The number of alkyl halides is 3. The topological polar surface area (TPSA) is 84.2 Å². The predicted octanol–water partition coefficient (Wildman–Crippen LogP) is 4.43. The number of esters is 1. The minimum Gasteiger partial charge on any atom is -0.462 e. The van der Waals surface area contributed by atoms with E-state index in [9.17, 15) is 27.6 Å². The van der Waals surface area contributed by atoms with Gasteiger partial charge in [0.1, 0.15) is 17.8 Å². The molecule has 3 aliphatic rings. The molecule has 0 N–H and O–H groups in total. The van der Waals surface area contributed by atoms with Crippen LogP contribution < -0.4 is 0 Å². The van der Waals surface area contributed by atoms with Gasteiger partial charge in [0, 0.05) is 31.7 Å². The van der Waals surface area contributed by atoms with E-state index in [0.717, 1.165) is 23.3 Å². The SMILES string of the molecule is CCC(=O)OC1CCC(N2CCN(C(=O)c3nc4c(C(F)(F)F)cc(C5CC5)cn4c3Cl)CC2=O)CC1. The molecule has 0 radical (unpaired) electrons. The number of ether oxygens (including phenoxy) is 1. The van der Waals surface area contributed by atoms with Crippen molar-refractivity contribution in [2.24, 2.45) is 0 Å². The fourth-order valence-corrected chi connectivity index (χ4v) is 5.51. The van der Waals surface area contributed by atoms with Crippen molar-refractivity contribution in [1.29, 1.82) is 0 Å². The summed E-state index contributed by atoms with van der Waals surface area (Å²) in [6.07, 6.45) is 1.39.